The van der Waals surface area contributed by atoms with Gasteiger partial charge in [-0.3, -0.25) is 18.6 Å². The second-order valence-electron chi connectivity index (χ2n) is 21.7. The normalized spacial score (nSPS) is 13.6. The van der Waals surface area contributed by atoms with Gasteiger partial charge >= 0.3 is 19.8 Å². The van der Waals surface area contributed by atoms with Crippen LogP contribution in [0.3, 0.4) is 0 Å². The van der Waals surface area contributed by atoms with Crippen LogP contribution in [0.1, 0.15) is 284 Å². The average Bonchev–Trinajstić information content (AvgIpc) is 3.34. The molecular formula is C62H117NO8P+. The van der Waals surface area contributed by atoms with E-state index in [1.807, 2.05) is 21.1 Å². The first-order valence-corrected chi connectivity index (χ1v) is 31.9. The van der Waals surface area contributed by atoms with E-state index >= 15 is 0 Å². The molecule has 10 heteroatoms. The minimum absolute atomic E-state index is 0.0346. The zero-order chi connectivity index (χ0) is 52.7. The summed E-state index contributed by atoms with van der Waals surface area (Å²) >= 11 is 0. The number of ether oxygens (including phenoxy) is 2. The molecule has 0 bridgehead atoms. The Kier molecular flexibility index (Phi) is 52.3. The number of quaternary nitrogens is 1. The van der Waals surface area contributed by atoms with Crippen molar-refractivity contribution in [2.45, 2.75) is 290 Å². The molecule has 0 saturated heterocycles. The molecule has 0 radical (unpaired) electrons. The van der Waals surface area contributed by atoms with Crippen molar-refractivity contribution in [3.05, 3.63) is 48.6 Å². The summed E-state index contributed by atoms with van der Waals surface area (Å²) in [5, 5.41) is 0. The smallest absolute Gasteiger partial charge is 0.462 e. The largest absolute Gasteiger partial charge is 0.472 e. The zero-order valence-electron chi connectivity index (χ0n) is 47.9. The predicted molar refractivity (Wildman–Crippen MR) is 307 cm³/mol. The fourth-order valence-corrected chi connectivity index (χ4v) is 9.46. The molecule has 0 fully saturated rings. The van der Waals surface area contributed by atoms with Crippen LogP contribution in [0, 0.1) is 0 Å². The zero-order valence-corrected chi connectivity index (χ0v) is 48.8. The highest BCUT2D eigenvalue weighted by Gasteiger charge is 2.27. The van der Waals surface area contributed by atoms with Crippen LogP contribution in [-0.4, -0.2) is 74.9 Å². The van der Waals surface area contributed by atoms with Crippen LogP contribution in [-0.2, 0) is 32.7 Å². The van der Waals surface area contributed by atoms with E-state index in [0.29, 0.717) is 23.9 Å². The minimum atomic E-state index is -4.37. The number of nitrogens with zero attached hydrogens (tertiary/aromatic N) is 1. The number of phosphoric ester groups is 1. The Morgan fingerprint density at radius 2 is 0.792 bits per heavy atom. The van der Waals surface area contributed by atoms with Gasteiger partial charge in [0, 0.05) is 12.8 Å². The molecule has 0 aromatic rings. The van der Waals surface area contributed by atoms with Gasteiger partial charge in [0.25, 0.3) is 0 Å². The average molecular weight is 1040 g/mol. The lowest BCUT2D eigenvalue weighted by molar-refractivity contribution is -0.870. The number of carbonyl (C=O) groups is 2. The maximum absolute atomic E-state index is 12.8. The van der Waals surface area contributed by atoms with Crippen LogP contribution in [0.15, 0.2) is 48.6 Å². The predicted octanol–water partition coefficient (Wildman–Crippen LogP) is 18.9. The molecule has 0 aromatic carbocycles. The van der Waals surface area contributed by atoms with Gasteiger partial charge in [-0.05, 0) is 51.4 Å². The molecule has 422 valence electrons. The molecule has 0 aliphatic heterocycles. The van der Waals surface area contributed by atoms with Crippen molar-refractivity contribution in [3.63, 3.8) is 0 Å². The highest BCUT2D eigenvalue weighted by molar-refractivity contribution is 7.47. The summed E-state index contributed by atoms with van der Waals surface area (Å²) in [6, 6.07) is 0. The summed E-state index contributed by atoms with van der Waals surface area (Å²) in [5.41, 5.74) is 0. The maximum Gasteiger partial charge on any atom is 0.472 e. The fraction of sp³-hybridized carbons (Fsp3) is 0.839. The molecule has 9 nitrogen and oxygen atoms in total. The number of carbonyl (C=O) groups excluding carboxylic acids is 2. The van der Waals surface area contributed by atoms with Gasteiger partial charge in [-0.15, -0.1) is 0 Å². The first-order valence-electron chi connectivity index (χ1n) is 30.4. The van der Waals surface area contributed by atoms with Crippen LogP contribution in [0.4, 0.5) is 0 Å². The van der Waals surface area contributed by atoms with E-state index in [9.17, 15) is 19.0 Å². The Balaban J connectivity index is 3.81. The van der Waals surface area contributed by atoms with E-state index in [2.05, 4.69) is 62.5 Å². The first-order chi connectivity index (χ1) is 35.0. The van der Waals surface area contributed by atoms with Crippen LogP contribution >= 0.6 is 7.82 Å². The lowest BCUT2D eigenvalue weighted by Gasteiger charge is -2.24. The molecule has 0 heterocycles. The monoisotopic (exact) mass is 1030 g/mol. The molecule has 1 N–H and O–H groups in total. The van der Waals surface area contributed by atoms with Crippen LogP contribution < -0.4 is 0 Å². The third kappa shape index (κ3) is 57.3. The summed E-state index contributed by atoms with van der Waals surface area (Å²) in [4.78, 5) is 35.5. The molecule has 0 saturated carbocycles. The summed E-state index contributed by atoms with van der Waals surface area (Å²) < 4.78 is 34.4. The van der Waals surface area contributed by atoms with Crippen molar-refractivity contribution in [1.82, 2.24) is 0 Å². The number of esters is 2. The number of hydrogen-bond acceptors (Lipinski definition) is 7. The van der Waals surface area contributed by atoms with Crippen molar-refractivity contribution in [2.24, 2.45) is 0 Å². The number of likely N-dealkylation sites (N-methyl/N-ethyl adjacent to an activating group) is 1. The van der Waals surface area contributed by atoms with Crippen molar-refractivity contribution < 1.29 is 42.1 Å². The van der Waals surface area contributed by atoms with Crippen LogP contribution in [0.2, 0.25) is 0 Å². The summed E-state index contributed by atoms with van der Waals surface area (Å²) in [6.07, 6.45) is 68.1. The van der Waals surface area contributed by atoms with Gasteiger partial charge in [-0.2, -0.15) is 0 Å². The SMILES string of the molecule is CC/C=C\C/C=C\C/C=C\C/C=C\CCCCCCCCCCCCCCCCCCCCCCCCCCCCC(=O)OC(COC(=O)CCCCCCCCCCC)COP(=O)(O)OCC[N+](C)(C)C. The van der Waals surface area contributed by atoms with Gasteiger partial charge < -0.3 is 18.9 Å². The highest BCUT2D eigenvalue weighted by Crippen LogP contribution is 2.43. The topological polar surface area (TPSA) is 108 Å². The molecule has 2 unspecified atom stereocenters. The van der Waals surface area contributed by atoms with E-state index < -0.39 is 26.5 Å². The maximum atomic E-state index is 12.8. The number of hydrogen-bond donors (Lipinski definition) is 1. The lowest BCUT2D eigenvalue weighted by atomic mass is 10.0. The quantitative estimate of drug-likeness (QED) is 0.0211. The van der Waals surface area contributed by atoms with Crippen LogP contribution in [0.25, 0.3) is 0 Å². The molecule has 0 aliphatic carbocycles. The lowest BCUT2D eigenvalue weighted by Crippen LogP contribution is -2.37. The molecular weight excluding hydrogens is 918 g/mol. The number of phosphoric acid groups is 1. The van der Waals surface area contributed by atoms with Gasteiger partial charge in [-0.25, -0.2) is 4.57 Å². The second kappa shape index (κ2) is 53.8. The molecule has 72 heavy (non-hydrogen) atoms. The molecule has 0 aromatic heterocycles. The molecule has 0 rings (SSSR count). The minimum Gasteiger partial charge on any atom is -0.462 e. The van der Waals surface area contributed by atoms with Crippen molar-refractivity contribution in [1.29, 1.82) is 0 Å². The molecule has 0 amide bonds. The van der Waals surface area contributed by atoms with Crippen molar-refractivity contribution in [2.75, 3.05) is 47.5 Å². The highest BCUT2D eigenvalue weighted by atomic mass is 31.2. The molecule has 0 aliphatic rings. The standard InChI is InChI=1S/C62H116NO8P/c1-6-8-10-12-14-16-17-18-19-20-21-22-23-24-25-26-27-28-29-30-31-32-33-34-35-36-37-38-39-40-41-42-43-44-45-47-49-51-53-55-62(65)71-60(59-70-72(66,67)69-57-56-63(3,4)5)58-68-61(64)54-52-50-48-46-15-13-11-9-7-2/h8,10,14,16,18-19,21-22,60H,6-7,9,11-13,15,17,20,23-59H2,1-5H3/p+1/b10-8-,16-14-,19-18-,22-21-. The first kappa shape index (κ1) is 70.0. The number of unbranched alkanes of at least 4 members (excludes halogenated alkanes) is 34. The van der Waals surface area contributed by atoms with Crippen molar-refractivity contribution in [3.8, 4) is 0 Å². The van der Waals surface area contributed by atoms with E-state index in [0.717, 1.165) is 57.8 Å². The molecule has 2 atom stereocenters. The Morgan fingerprint density at radius 1 is 0.444 bits per heavy atom. The number of allylic oxidation sites excluding steroid dienone is 8. The van der Waals surface area contributed by atoms with Crippen LogP contribution in [0.5, 0.6) is 0 Å². The molecule has 0 spiro atoms. The van der Waals surface area contributed by atoms with E-state index in [-0.39, 0.29) is 25.6 Å². The Labute approximate surface area is 445 Å². The van der Waals surface area contributed by atoms with Gasteiger partial charge in [0.05, 0.1) is 27.7 Å². The third-order valence-corrected chi connectivity index (χ3v) is 14.4. The second-order valence-corrected chi connectivity index (χ2v) is 23.2. The summed E-state index contributed by atoms with van der Waals surface area (Å²) in [7, 11) is 1.49. The Hall–Kier alpha value is -2.03. The Morgan fingerprint density at radius 3 is 1.18 bits per heavy atom. The Bertz CT molecular complexity index is 1360. The fourth-order valence-electron chi connectivity index (χ4n) is 8.72. The number of rotatable bonds is 56. The van der Waals surface area contributed by atoms with Gasteiger partial charge in [0.1, 0.15) is 19.8 Å². The van der Waals surface area contributed by atoms with E-state index in [1.54, 1.807) is 0 Å². The third-order valence-electron chi connectivity index (χ3n) is 13.4. The van der Waals surface area contributed by atoms with Gasteiger partial charge in [0.2, 0.25) is 0 Å². The van der Waals surface area contributed by atoms with Gasteiger partial charge in [-0.1, -0.05) is 268 Å². The van der Waals surface area contributed by atoms with E-state index in [1.165, 1.54) is 193 Å². The van der Waals surface area contributed by atoms with E-state index in [4.69, 9.17) is 18.5 Å². The summed E-state index contributed by atoms with van der Waals surface area (Å²) in [5.74, 6) is -0.787. The summed E-state index contributed by atoms with van der Waals surface area (Å²) in [6.45, 7) is 4.32. The van der Waals surface area contributed by atoms with Gasteiger partial charge in [0.15, 0.2) is 6.10 Å². The van der Waals surface area contributed by atoms with Crippen molar-refractivity contribution >= 4 is 19.8 Å².